The molecule has 0 fully saturated rings. The molecule has 0 aliphatic heterocycles. The van der Waals surface area contributed by atoms with E-state index in [2.05, 4.69) is 4.74 Å². The molecular formula is C17H14F2O2. The summed E-state index contributed by atoms with van der Waals surface area (Å²) in [5, 5.41) is 0. The van der Waals surface area contributed by atoms with Crippen LogP contribution in [-0.4, -0.2) is 12.4 Å². The maximum atomic E-state index is 12.0. The number of alkyl halides is 2. The predicted octanol–water partition coefficient (Wildman–Crippen LogP) is 4.49. The van der Waals surface area contributed by atoms with Gasteiger partial charge in [-0.1, -0.05) is 35.9 Å². The van der Waals surface area contributed by atoms with Crippen molar-refractivity contribution >= 4 is 11.9 Å². The highest BCUT2D eigenvalue weighted by molar-refractivity contribution is 6.06. The fourth-order valence-electron chi connectivity index (χ4n) is 1.75. The molecular weight excluding hydrogens is 274 g/mol. The van der Waals surface area contributed by atoms with Crippen molar-refractivity contribution in [3.63, 3.8) is 0 Å². The molecule has 21 heavy (non-hydrogen) atoms. The van der Waals surface area contributed by atoms with Gasteiger partial charge >= 0.3 is 6.61 Å². The first-order valence-corrected chi connectivity index (χ1v) is 6.38. The van der Waals surface area contributed by atoms with Crippen LogP contribution in [0.3, 0.4) is 0 Å². The molecule has 0 aromatic heterocycles. The van der Waals surface area contributed by atoms with Gasteiger partial charge in [-0.15, -0.1) is 0 Å². The van der Waals surface area contributed by atoms with Crippen LogP contribution in [-0.2, 0) is 0 Å². The normalized spacial score (nSPS) is 11.0. The average molecular weight is 288 g/mol. The number of hydrogen-bond acceptors (Lipinski definition) is 2. The lowest BCUT2D eigenvalue weighted by Gasteiger charge is -2.04. The second-order valence-corrected chi connectivity index (χ2v) is 4.51. The monoisotopic (exact) mass is 288 g/mol. The molecule has 0 heterocycles. The van der Waals surface area contributed by atoms with Crippen molar-refractivity contribution in [2.45, 2.75) is 13.5 Å². The number of allylic oxidation sites excluding steroid dienone is 1. The fourth-order valence-corrected chi connectivity index (χ4v) is 1.75. The average Bonchev–Trinajstić information content (AvgIpc) is 2.46. The molecule has 0 bridgehead atoms. The third kappa shape index (κ3) is 4.53. The summed E-state index contributed by atoms with van der Waals surface area (Å²) in [5.41, 5.74) is 2.49. The summed E-state index contributed by atoms with van der Waals surface area (Å²) in [6.45, 7) is -0.880. The van der Waals surface area contributed by atoms with Crippen LogP contribution in [0.15, 0.2) is 54.6 Å². The van der Waals surface area contributed by atoms with Crippen LogP contribution in [0.1, 0.15) is 21.5 Å². The molecule has 2 aromatic carbocycles. The summed E-state index contributed by atoms with van der Waals surface area (Å²) >= 11 is 0. The molecule has 0 atom stereocenters. The van der Waals surface area contributed by atoms with Gasteiger partial charge in [0.1, 0.15) is 5.75 Å². The summed E-state index contributed by atoms with van der Waals surface area (Å²) < 4.78 is 28.3. The summed E-state index contributed by atoms with van der Waals surface area (Å²) in [6, 6.07) is 13.4. The molecule has 0 amide bonds. The highest BCUT2D eigenvalue weighted by Crippen LogP contribution is 2.16. The summed E-state index contributed by atoms with van der Waals surface area (Å²) in [4.78, 5) is 11.9. The molecule has 0 saturated carbocycles. The van der Waals surface area contributed by atoms with Crippen LogP contribution < -0.4 is 4.74 Å². The van der Waals surface area contributed by atoms with Crippen LogP contribution in [0.4, 0.5) is 8.78 Å². The van der Waals surface area contributed by atoms with E-state index in [0.29, 0.717) is 5.56 Å². The summed E-state index contributed by atoms with van der Waals surface area (Å²) in [6.07, 6.45) is 3.17. The first kappa shape index (κ1) is 14.9. The van der Waals surface area contributed by atoms with E-state index in [1.54, 1.807) is 6.08 Å². The van der Waals surface area contributed by atoms with Crippen LogP contribution >= 0.6 is 0 Å². The number of carbonyl (C=O) groups is 1. The molecule has 4 heteroatoms. The Bertz CT molecular complexity index is 629. The lowest BCUT2D eigenvalue weighted by atomic mass is 10.1. The van der Waals surface area contributed by atoms with Gasteiger partial charge in [0.2, 0.25) is 0 Å². The molecule has 0 N–H and O–H groups in total. The number of hydrogen-bond donors (Lipinski definition) is 0. The number of ether oxygens (including phenoxy) is 1. The van der Waals surface area contributed by atoms with Crippen molar-refractivity contribution < 1.29 is 18.3 Å². The second-order valence-electron chi connectivity index (χ2n) is 4.51. The molecule has 0 saturated heterocycles. The summed E-state index contributed by atoms with van der Waals surface area (Å²) in [7, 11) is 0. The van der Waals surface area contributed by atoms with Gasteiger partial charge in [0, 0.05) is 5.56 Å². The first-order valence-electron chi connectivity index (χ1n) is 6.38. The van der Waals surface area contributed by atoms with E-state index in [1.807, 2.05) is 31.2 Å². The zero-order valence-electron chi connectivity index (χ0n) is 11.4. The Morgan fingerprint density at radius 3 is 2.24 bits per heavy atom. The lowest BCUT2D eigenvalue weighted by Crippen LogP contribution is -2.02. The molecule has 2 nitrogen and oxygen atoms in total. The van der Waals surface area contributed by atoms with E-state index in [0.717, 1.165) is 11.1 Å². The molecule has 108 valence electrons. The van der Waals surface area contributed by atoms with Gasteiger partial charge in [-0.05, 0) is 42.8 Å². The highest BCUT2D eigenvalue weighted by atomic mass is 19.3. The Hall–Kier alpha value is -2.49. The van der Waals surface area contributed by atoms with Gasteiger partial charge in [-0.2, -0.15) is 8.78 Å². The van der Waals surface area contributed by atoms with Crippen molar-refractivity contribution in [2.24, 2.45) is 0 Å². The second kappa shape index (κ2) is 6.79. The van der Waals surface area contributed by atoms with E-state index in [1.165, 1.54) is 30.3 Å². The number of halogens is 2. The highest BCUT2D eigenvalue weighted by Gasteiger charge is 2.06. The third-order valence-electron chi connectivity index (χ3n) is 2.87. The summed E-state index contributed by atoms with van der Waals surface area (Å²) in [5.74, 6) is -0.164. The van der Waals surface area contributed by atoms with Gasteiger partial charge in [0.05, 0.1) is 0 Å². The van der Waals surface area contributed by atoms with E-state index >= 15 is 0 Å². The first-order chi connectivity index (χ1) is 10.0. The third-order valence-corrected chi connectivity index (χ3v) is 2.87. The Morgan fingerprint density at radius 2 is 1.67 bits per heavy atom. The van der Waals surface area contributed by atoms with Crippen molar-refractivity contribution in [2.75, 3.05) is 0 Å². The zero-order valence-corrected chi connectivity index (χ0v) is 11.4. The van der Waals surface area contributed by atoms with Crippen LogP contribution in [0.2, 0.25) is 0 Å². The minimum absolute atomic E-state index is 0.0315. The van der Waals surface area contributed by atoms with E-state index in [4.69, 9.17) is 0 Å². The molecule has 0 unspecified atom stereocenters. The quantitative estimate of drug-likeness (QED) is 0.598. The SMILES string of the molecule is Cc1ccc(/C=C/C(=O)c2ccc(OC(F)F)cc2)cc1. The molecule has 0 aliphatic rings. The van der Waals surface area contributed by atoms with E-state index in [9.17, 15) is 13.6 Å². The standard InChI is InChI=1S/C17H14F2O2/c1-12-2-4-13(5-3-12)6-11-16(20)14-7-9-15(10-8-14)21-17(18)19/h2-11,17H,1H3/b11-6+. The van der Waals surface area contributed by atoms with Gasteiger partial charge in [-0.25, -0.2) is 0 Å². The van der Waals surface area contributed by atoms with Crippen molar-refractivity contribution in [3.8, 4) is 5.75 Å². The number of ketones is 1. The minimum atomic E-state index is -2.87. The minimum Gasteiger partial charge on any atom is -0.435 e. The number of aryl methyl sites for hydroxylation is 1. The number of carbonyl (C=O) groups excluding carboxylic acids is 1. The molecule has 2 rings (SSSR count). The molecule has 0 spiro atoms. The van der Waals surface area contributed by atoms with Crippen molar-refractivity contribution in [1.82, 2.24) is 0 Å². The van der Waals surface area contributed by atoms with Gasteiger partial charge < -0.3 is 4.74 Å². The van der Waals surface area contributed by atoms with Crippen molar-refractivity contribution in [1.29, 1.82) is 0 Å². The topological polar surface area (TPSA) is 26.3 Å². The maximum absolute atomic E-state index is 12.0. The number of rotatable bonds is 5. The Balaban J connectivity index is 2.04. The van der Waals surface area contributed by atoms with E-state index < -0.39 is 6.61 Å². The molecule has 2 aromatic rings. The van der Waals surface area contributed by atoms with Crippen molar-refractivity contribution in [3.05, 3.63) is 71.3 Å². The Labute approximate surface area is 121 Å². The predicted molar refractivity (Wildman–Crippen MR) is 77.6 cm³/mol. The van der Waals surface area contributed by atoms with Gasteiger partial charge in [-0.3, -0.25) is 4.79 Å². The largest absolute Gasteiger partial charge is 0.435 e. The lowest BCUT2D eigenvalue weighted by molar-refractivity contribution is -0.0498. The van der Waals surface area contributed by atoms with E-state index in [-0.39, 0.29) is 11.5 Å². The fraction of sp³-hybridized carbons (Fsp3) is 0.118. The van der Waals surface area contributed by atoms with Crippen LogP contribution in [0.5, 0.6) is 5.75 Å². The maximum Gasteiger partial charge on any atom is 0.387 e. The molecule has 0 aliphatic carbocycles. The van der Waals surface area contributed by atoms with Crippen LogP contribution in [0, 0.1) is 6.92 Å². The Kier molecular flexibility index (Phi) is 4.82. The van der Waals surface area contributed by atoms with Gasteiger partial charge in [0.25, 0.3) is 0 Å². The molecule has 0 radical (unpaired) electrons. The van der Waals surface area contributed by atoms with Gasteiger partial charge in [0.15, 0.2) is 5.78 Å². The zero-order chi connectivity index (χ0) is 15.2. The Morgan fingerprint density at radius 1 is 1.05 bits per heavy atom. The van der Waals surface area contributed by atoms with Crippen LogP contribution in [0.25, 0.3) is 6.08 Å². The number of benzene rings is 2. The smallest absolute Gasteiger partial charge is 0.387 e.